The summed E-state index contributed by atoms with van der Waals surface area (Å²) in [5, 5.41) is 14.9. The lowest BCUT2D eigenvalue weighted by Gasteiger charge is -2.40. The SMILES string of the molecule is Cc1ccc([C@@H](c2nnnn2Cc2cccs2)N2CCN(c3ccc(F)cc3)CC2)cc1. The van der Waals surface area contributed by atoms with Crippen molar-refractivity contribution in [3.8, 4) is 0 Å². The Morgan fingerprint density at radius 3 is 2.41 bits per heavy atom. The summed E-state index contributed by atoms with van der Waals surface area (Å²) in [6.07, 6.45) is 0. The number of rotatable bonds is 6. The lowest BCUT2D eigenvalue weighted by Crippen LogP contribution is -2.48. The number of hydrogen-bond donors (Lipinski definition) is 0. The molecule has 2 aromatic heterocycles. The fourth-order valence-electron chi connectivity index (χ4n) is 4.23. The van der Waals surface area contributed by atoms with Crippen molar-refractivity contribution in [2.45, 2.75) is 19.5 Å². The van der Waals surface area contributed by atoms with E-state index in [0.717, 1.165) is 37.7 Å². The molecular formula is C24H25FN6S. The minimum Gasteiger partial charge on any atom is -0.369 e. The molecule has 1 fully saturated rings. The maximum atomic E-state index is 13.3. The molecule has 2 aromatic carbocycles. The number of anilines is 1. The van der Waals surface area contributed by atoms with E-state index in [0.29, 0.717) is 6.54 Å². The second-order valence-corrected chi connectivity index (χ2v) is 9.12. The van der Waals surface area contributed by atoms with Crippen molar-refractivity contribution in [1.29, 1.82) is 0 Å². The first kappa shape index (κ1) is 20.8. The van der Waals surface area contributed by atoms with Gasteiger partial charge in [0.15, 0.2) is 5.82 Å². The van der Waals surface area contributed by atoms with Crippen LogP contribution in [0.3, 0.4) is 0 Å². The number of benzene rings is 2. The summed E-state index contributed by atoms with van der Waals surface area (Å²) in [4.78, 5) is 5.97. The standard InChI is InChI=1S/C24H25FN6S/c1-18-4-6-19(7-5-18)23(24-26-27-28-31(24)17-22-3-2-16-32-22)30-14-12-29(13-15-30)21-10-8-20(25)9-11-21/h2-11,16,23H,12-15,17H2,1H3/t23-/m0/s1. The predicted octanol–water partition coefficient (Wildman–Crippen LogP) is 4.14. The lowest BCUT2D eigenvalue weighted by atomic mass is 10.0. The van der Waals surface area contributed by atoms with Gasteiger partial charge in [0.05, 0.1) is 12.6 Å². The molecule has 1 aliphatic rings. The maximum absolute atomic E-state index is 13.3. The number of tetrazole rings is 1. The van der Waals surface area contributed by atoms with Gasteiger partial charge in [-0.15, -0.1) is 16.4 Å². The van der Waals surface area contributed by atoms with Gasteiger partial charge in [-0.25, -0.2) is 9.07 Å². The van der Waals surface area contributed by atoms with Gasteiger partial charge in [-0.3, -0.25) is 4.90 Å². The average molecular weight is 449 g/mol. The molecule has 32 heavy (non-hydrogen) atoms. The van der Waals surface area contributed by atoms with Crippen molar-refractivity contribution in [1.82, 2.24) is 25.1 Å². The van der Waals surface area contributed by atoms with Crippen LogP contribution in [0.4, 0.5) is 10.1 Å². The Kier molecular flexibility index (Phi) is 5.96. The Hall–Kier alpha value is -3.10. The number of thiophene rings is 1. The highest BCUT2D eigenvalue weighted by molar-refractivity contribution is 7.09. The van der Waals surface area contributed by atoms with Crippen molar-refractivity contribution in [2.75, 3.05) is 31.1 Å². The van der Waals surface area contributed by atoms with Crippen molar-refractivity contribution in [3.63, 3.8) is 0 Å². The molecule has 0 spiro atoms. The third kappa shape index (κ3) is 4.42. The first-order valence-corrected chi connectivity index (χ1v) is 11.6. The van der Waals surface area contributed by atoms with Gasteiger partial charge in [-0.1, -0.05) is 35.9 Å². The fourth-order valence-corrected chi connectivity index (χ4v) is 4.92. The second-order valence-electron chi connectivity index (χ2n) is 8.09. The lowest BCUT2D eigenvalue weighted by molar-refractivity contribution is 0.201. The number of piperazine rings is 1. The Labute approximate surface area is 190 Å². The summed E-state index contributed by atoms with van der Waals surface area (Å²) in [6, 6.07) is 19.5. The van der Waals surface area contributed by atoms with Crippen LogP contribution < -0.4 is 4.90 Å². The molecule has 0 amide bonds. The number of nitrogens with zero attached hydrogens (tertiary/aromatic N) is 6. The zero-order valence-electron chi connectivity index (χ0n) is 17.9. The van der Waals surface area contributed by atoms with Gasteiger partial charge in [0, 0.05) is 36.7 Å². The van der Waals surface area contributed by atoms with Crippen LogP contribution in [0.1, 0.15) is 27.9 Å². The van der Waals surface area contributed by atoms with E-state index in [9.17, 15) is 4.39 Å². The molecule has 164 valence electrons. The fraction of sp³-hybridized carbons (Fsp3) is 0.292. The Bertz CT molecular complexity index is 1130. The maximum Gasteiger partial charge on any atom is 0.173 e. The van der Waals surface area contributed by atoms with Gasteiger partial charge in [-0.05, 0) is 58.6 Å². The summed E-state index contributed by atoms with van der Waals surface area (Å²) in [6.45, 7) is 6.21. The molecular weight excluding hydrogens is 423 g/mol. The van der Waals surface area contributed by atoms with Crippen molar-refractivity contribution in [2.24, 2.45) is 0 Å². The summed E-state index contributed by atoms with van der Waals surface area (Å²) in [7, 11) is 0. The van der Waals surface area contributed by atoms with Gasteiger partial charge in [0.1, 0.15) is 5.82 Å². The molecule has 6 nitrogen and oxygen atoms in total. The van der Waals surface area contributed by atoms with Crippen LogP contribution in [0.15, 0.2) is 66.0 Å². The van der Waals surface area contributed by atoms with Crippen LogP contribution in [0.25, 0.3) is 0 Å². The third-order valence-electron chi connectivity index (χ3n) is 5.95. The average Bonchev–Trinajstić information content (AvgIpc) is 3.49. The molecule has 0 bridgehead atoms. The van der Waals surface area contributed by atoms with Crippen LogP contribution in [-0.2, 0) is 6.54 Å². The number of aromatic nitrogens is 4. The molecule has 5 rings (SSSR count). The topological polar surface area (TPSA) is 50.1 Å². The molecule has 1 aliphatic heterocycles. The number of hydrogen-bond acceptors (Lipinski definition) is 6. The Morgan fingerprint density at radius 1 is 0.969 bits per heavy atom. The van der Waals surface area contributed by atoms with E-state index in [1.54, 1.807) is 11.3 Å². The minimum atomic E-state index is -0.204. The van der Waals surface area contributed by atoms with E-state index in [-0.39, 0.29) is 11.9 Å². The summed E-state index contributed by atoms with van der Waals surface area (Å²) < 4.78 is 15.2. The van der Waals surface area contributed by atoms with Crippen LogP contribution >= 0.6 is 11.3 Å². The molecule has 3 heterocycles. The molecule has 1 saturated heterocycles. The zero-order chi connectivity index (χ0) is 21.9. The largest absolute Gasteiger partial charge is 0.369 e. The molecule has 1 atom stereocenters. The highest BCUT2D eigenvalue weighted by Gasteiger charge is 2.30. The molecule has 8 heteroatoms. The van der Waals surface area contributed by atoms with E-state index in [4.69, 9.17) is 0 Å². The normalized spacial score (nSPS) is 15.8. The van der Waals surface area contributed by atoms with Crippen LogP contribution in [-0.4, -0.2) is 51.3 Å². The molecule has 0 saturated carbocycles. The van der Waals surface area contributed by atoms with Crippen molar-refractivity contribution < 1.29 is 4.39 Å². The van der Waals surface area contributed by atoms with Crippen LogP contribution in [0.2, 0.25) is 0 Å². The molecule has 0 unspecified atom stereocenters. The van der Waals surface area contributed by atoms with Gasteiger partial charge in [0.25, 0.3) is 0 Å². The third-order valence-corrected chi connectivity index (χ3v) is 6.82. The molecule has 4 aromatic rings. The number of halogens is 1. The monoisotopic (exact) mass is 448 g/mol. The van der Waals surface area contributed by atoms with E-state index < -0.39 is 0 Å². The van der Waals surface area contributed by atoms with Crippen LogP contribution in [0, 0.1) is 12.7 Å². The summed E-state index contributed by atoms with van der Waals surface area (Å²) >= 11 is 1.71. The Balaban J connectivity index is 1.41. The molecule has 0 radical (unpaired) electrons. The van der Waals surface area contributed by atoms with E-state index >= 15 is 0 Å². The quantitative estimate of drug-likeness (QED) is 0.444. The number of aryl methyl sites for hydroxylation is 1. The first-order valence-electron chi connectivity index (χ1n) is 10.8. The van der Waals surface area contributed by atoms with Gasteiger partial charge in [-0.2, -0.15) is 0 Å². The first-order chi connectivity index (χ1) is 15.7. The van der Waals surface area contributed by atoms with Crippen molar-refractivity contribution in [3.05, 3.63) is 93.7 Å². The summed E-state index contributed by atoms with van der Waals surface area (Å²) in [5.74, 6) is 0.655. The highest BCUT2D eigenvalue weighted by atomic mass is 32.1. The Morgan fingerprint density at radius 2 is 1.72 bits per heavy atom. The van der Waals surface area contributed by atoms with Crippen molar-refractivity contribution >= 4 is 17.0 Å². The predicted molar refractivity (Wildman–Crippen MR) is 124 cm³/mol. The van der Waals surface area contributed by atoms with Crippen LogP contribution in [0.5, 0.6) is 0 Å². The van der Waals surface area contributed by atoms with Gasteiger partial charge >= 0.3 is 0 Å². The van der Waals surface area contributed by atoms with E-state index in [1.165, 1.54) is 28.1 Å². The zero-order valence-corrected chi connectivity index (χ0v) is 18.7. The second kappa shape index (κ2) is 9.18. The van der Waals surface area contributed by atoms with Gasteiger partial charge in [0.2, 0.25) is 0 Å². The van der Waals surface area contributed by atoms with E-state index in [2.05, 4.69) is 74.0 Å². The van der Waals surface area contributed by atoms with Gasteiger partial charge < -0.3 is 4.90 Å². The molecule has 0 N–H and O–H groups in total. The van der Waals surface area contributed by atoms with E-state index in [1.807, 2.05) is 16.8 Å². The highest BCUT2D eigenvalue weighted by Crippen LogP contribution is 2.30. The smallest absolute Gasteiger partial charge is 0.173 e. The summed E-state index contributed by atoms with van der Waals surface area (Å²) in [5.41, 5.74) is 3.47. The minimum absolute atomic E-state index is 0.0269. The molecule has 0 aliphatic carbocycles.